The van der Waals surface area contributed by atoms with Crippen molar-refractivity contribution >= 4 is 28.4 Å². The van der Waals surface area contributed by atoms with E-state index < -0.39 is 17.7 Å². The average molecular weight is 471 g/mol. The van der Waals surface area contributed by atoms with E-state index in [1.807, 2.05) is 44.3 Å². The third-order valence-electron chi connectivity index (χ3n) is 6.15. The summed E-state index contributed by atoms with van der Waals surface area (Å²) < 4.78 is 11.3. The number of amides is 1. The van der Waals surface area contributed by atoms with E-state index in [-0.39, 0.29) is 24.0 Å². The van der Waals surface area contributed by atoms with E-state index in [0.717, 1.165) is 16.5 Å². The molecule has 1 aliphatic heterocycles. The van der Waals surface area contributed by atoms with Gasteiger partial charge in [-0.15, -0.1) is 0 Å². The number of aromatic nitrogens is 1. The molecule has 35 heavy (non-hydrogen) atoms. The number of Topliss-reactive ketones (excluding diaryl/α,β-unsaturated/α-hetero) is 1. The van der Waals surface area contributed by atoms with Crippen LogP contribution in [0.1, 0.15) is 36.8 Å². The number of para-hydroxylation sites is 1. The van der Waals surface area contributed by atoms with Crippen LogP contribution in [0.5, 0.6) is 5.75 Å². The average Bonchev–Trinajstić information content (AvgIpc) is 3.57. The lowest BCUT2D eigenvalue weighted by Gasteiger charge is -2.23. The molecule has 4 aromatic rings. The first-order chi connectivity index (χ1) is 16.9. The third kappa shape index (κ3) is 4.21. The molecule has 1 atom stereocenters. The maximum absolute atomic E-state index is 13.1. The number of rotatable bonds is 7. The summed E-state index contributed by atoms with van der Waals surface area (Å²) in [4.78, 5) is 31.0. The van der Waals surface area contributed by atoms with Crippen LogP contribution in [-0.4, -0.2) is 39.3 Å². The van der Waals surface area contributed by atoms with Crippen molar-refractivity contribution in [3.8, 4) is 5.75 Å². The molecular weight excluding hydrogens is 444 g/mol. The van der Waals surface area contributed by atoms with Gasteiger partial charge in [-0.25, -0.2) is 0 Å². The van der Waals surface area contributed by atoms with Crippen molar-refractivity contribution in [1.82, 2.24) is 9.88 Å². The fourth-order valence-corrected chi connectivity index (χ4v) is 4.55. The standard InChI is InChI=1S/C28H26N2O5/c1-17(2)35-20-11-9-18(10-12-20)26(31)24-25(23-8-5-15-34-23)30(28(33)27(24)32)14-13-19-16-29-22-7-4-3-6-21(19)22/h3-12,15-17,25,29,31H,13-14H2,1-2H3/b26-24-. The van der Waals surface area contributed by atoms with Crippen molar-refractivity contribution in [3.63, 3.8) is 0 Å². The zero-order chi connectivity index (χ0) is 24.5. The second kappa shape index (κ2) is 9.18. The monoisotopic (exact) mass is 470 g/mol. The summed E-state index contributed by atoms with van der Waals surface area (Å²) in [6.07, 6.45) is 3.96. The topological polar surface area (TPSA) is 95.8 Å². The fourth-order valence-electron chi connectivity index (χ4n) is 4.55. The lowest BCUT2D eigenvalue weighted by Crippen LogP contribution is -2.31. The zero-order valence-electron chi connectivity index (χ0n) is 19.5. The maximum atomic E-state index is 13.1. The second-order valence-corrected chi connectivity index (χ2v) is 8.81. The number of H-pyrrole nitrogens is 1. The third-order valence-corrected chi connectivity index (χ3v) is 6.15. The molecular formula is C28H26N2O5. The number of hydrogen-bond donors (Lipinski definition) is 2. The molecule has 0 radical (unpaired) electrons. The fraction of sp³-hybridized carbons (Fsp3) is 0.214. The predicted molar refractivity (Wildman–Crippen MR) is 132 cm³/mol. The molecule has 0 bridgehead atoms. The summed E-state index contributed by atoms with van der Waals surface area (Å²) in [6, 6.07) is 17.3. The number of furan rings is 1. The molecule has 3 heterocycles. The summed E-state index contributed by atoms with van der Waals surface area (Å²) in [7, 11) is 0. The van der Waals surface area contributed by atoms with Crippen molar-refractivity contribution in [1.29, 1.82) is 0 Å². The van der Waals surface area contributed by atoms with Gasteiger partial charge in [0.15, 0.2) is 0 Å². The number of fused-ring (bicyclic) bond motifs is 1. The molecule has 2 aromatic carbocycles. The van der Waals surface area contributed by atoms with Gasteiger partial charge < -0.3 is 24.1 Å². The van der Waals surface area contributed by atoms with Crippen molar-refractivity contribution < 1.29 is 23.8 Å². The maximum Gasteiger partial charge on any atom is 0.295 e. The van der Waals surface area contributed by atoms with Gasteiger partial charge in [0.1, 0.15) is 23.3 Å². The Kier molecular flexibility index (Phi) is 5.91. The van der Waals surface area contributed by atoms with Crippen LogP contribution in [0, 0.1) is 0 Å². The molecule has 178 valence electrons. The molecule has 5 rings (SSSR count). The van der Waals surface area contributed by atoms with Crippen molar-refractivity contribution in [2.24, 2.45) is 0 Å². The first-order valence-corrected chi connectivity index (χ1v) is 11.6. The molecule has 7 heteroatoms. The number of nitrogens with one attached hydrogen (secondary N) is 1. The van der Waals surface area contributed by atoms with E-state index in [4.69, 9.17) is 9.15 Å². The van der Waals surface area contributed by atoms with Gasteiger partial charge in [0.25, 0.3) is 11.7 Å². The number of likely N-dealkylation sites (tertiary alicyclic amines) is 1. The van der Waals surface area contributed by atoms with Crippen molar-refractivity contribution in [3.05, 3.63) is 95.6 Å². The van der Waals surface area contributed by atoms with Gasteiger partial charge in [-0.3, -0.25) is 9.59 Å². The number of hydrogen-bond acceptors (Lipinski definition) is 5. The summed E-state index contributed by atoms with van der Waals surface area (Å²) in [6.45, 7) is 4.14. The van der Waals surface area contributed by atoms with Gasteiger partial charge in [-0.1, -0.05) is 18.2 Å². The quantitative estimate of drug-likeness (QED) is 0.220. The Hall–Kier alpha value is -4.26. The number of aromatic amines is 1. The van der Waals surface area contributed by atoms with Crippen LogP contribution in [0.15, 0.2) is 83.1 Å². The number of nitrogens with zero attached hydrogens (tertiary/aromatic N) is 1. The highest BCUT2D eigenvalue weighted by Gasteiger charge is 2.47. The van der Waals surface area contributed by atoms with Gasteiger partial charge in [0, 0.05) is 29.2 Å². The largest absolute Gasteiger partial charge is 0.507 e. The van der Waals surface area contributed by atoms with E-state index in [1.54, 1.807) is 36.4 Å². The molecule has 0 aliphatic carbocycles. The van der Waals surface area contributed by atoms with Crippen LogP contribution < -0.4 is 4.74 Å². The van der Waals surface area contributed by atoms with Crippen LogP contribution in [-0.2, 0) is 16.0 Å². The number of ketones is 1. The van der Waals surface area contributed by atoms with E-state index in [0.29, 0.717) is 23.5 Å². The molecule has 1 aliphatic rings. The van der Waals surface area contributed by atoms with E-state index in [9.17, 15) is 14.7 Å². The highest BCUT2D eigenvalue weighted by molar-refractivity contribution is 6.46. The van der Waals surface area contributed by atoms with Crippen molar-refractivity contribution in [2.45, 2.75) is 32.4 Å². The zero-order valence-corrected chi connectivity index (χ0v) is 19.5. The number of aliphatic hydroxyl groups is 1. The number of ether oxygens (including phenoxy) is 1. The van der Waals surface area contributed by atoms with Gasteiger partial charge in [-0.2, -0.15) is 0 Å². The summed E-state index contributed by atoms with van der Waals surface area (Å²) in [5.41, 5.74) is 2.49. The highest BCUT2D eigenvalue weighted by atomic mass is 16.5. The molecule has 1 amide bonds. The minimum atomic E-state index is -0.818. The van der Waals surface area contributed by atoms with Crippen LogP contribution in [0.3, 0.4) is 0 Å². The number of carbonyl (C=O) groups is 2. The summed E-state index contributed by atoms with van der Waals surface area (Å²) in [5, 5.41) is 12.2. The molecule has 7 nitrogen and oxygen atoms in total. The first kappa shape index (κ1) is 22.5. The number of benzene rings is 2. The normalized spacial score (nSPS) is 17.6. The van der Waals surface area contributed by atoms with E-state index in [2.05, 4.69) is 4.98 Å². The van der Waals surface area contributed by atoms with Gasteiger partial charge in [-0.05, 0) is 68.3 Å². The smallest absolute Gasteiger partial charge is 0.295 e. The Morgan fingerprint density at radius 1 is 1.09 bits per heavy atom. The molecule has 2 aromatic heterocycles. The molecule has 2 N–H and O–H groups in total. The molecule has 0 saturated carbocycles. The predicted octanol–water partition coefficient (Wildman–Crippen LogP) is 5.21. The Labute approximate surface area is 202 Å². The van der Waals surface area contributed by atoms with Gasteiger partial charge in [0.05, 0.1) is 17.9 Å². The first-order valence-electron chi connectivity index (χ1n) is 11.6. The summed E-state index contributed by atoms with van der Waals surface area (Å²) >= 11 is 0. The minimum Gasteiger partial charge on any atom is -0.507 e. The summed E-state index contributed by atoms with van der Waals surface area (Å²) in [5.74, 6) is -0.559. The van der Waals surface area contributed by atoms with E-state index >= 15 is 0 Å². The van der Waals surface area contributed by atoms with Crippen molar-refractivity contribution in [2.75, 3.05) is 6.54 Å². The Balaban J connectivity index is 1.49. The van der Waals surface area contributed by atoms with Gasteiger partial charge in [0.2, 0.25) is 0 Å². The highest BCUT2D eigenvalue weighted by Crippen LogP contribution is 2.40. The molecule has 0 spiro atoms. The van der Waals surface area contributed by atoms with E-state index in [1.165, 1.54) is 11.2 Å². The lowest BCUT2D eigenvalue weighted by atomic mass is 9.99. The SMILES string of the molecule is CC(C)Oc1ccc(/C(O)=C2/C(=O)C(=O)N(CCc3c[nH]c4ccccc34)C2c2ccco2)cc1. The Morgan fingerprint density at radius 2 is 1.86 bits per heavy atom. The Bertz CT molecular complexity index is 1400. The van der Waals surface area contributed by atoms with Crippen LogP contribution >= 0.6 is 0 Å². The lowest BCUT2D eigenvalue weighted by molar-refractivity contribution is -0.140. The molecule has 1 unspecified atom stereocenters. The number of aliphatic hydroxyl groups excluding tert-OH is 1. The van der Waals surface area contributed by atoms with Crippen LogP contribution in [0.2, 0.25) is 0 Å². The Morgan fingerprint density at radius 3 is 2.57 bits per heavy atom. The van der Waals surface area contributed by atoms with Crippen LogP contribution in [0.25, 0.3) is 16.7 Å². The molecule has 1 saturated heterocycles. The second-order valence-electron chi connectivity index (χ2n) is 8.81. The minimum absolute atomic E-state index is 0.0101. The van der Waals surface area contributed by atoms with Crippen LogP contribution in [0.4, 0.5) is 0 Å². The molecule has 1 fully saturated rings. The number of carbonyl (C=O) groups excluding carboxylic acids is 2. The van der Waals surface area contributed by atoms with Gasteiger partial charge >= 0.3 is 0 Å².